The van der Waals surface area contributed by atoms with Crippen molar-refractivity contribution in [2.24, 2.45) is 0 Å². The summed E-state index contributed by atoms with van der Waals surface area (Å²) in [7, 11) is -3.64. The molecule has 0 atom stereocenters. The summed E-state index contributed by atoms with van der Waals surface area (Å²) >= 11 is 1.21. The van der Waals surface area contributed by atoms with E-state index in [-0.39, 0.29) is 9.77 Å². The number of pyridine rings is 1. The number of sulfonamides is 1. The monoisotopic (exact) mass is 334 g/mol. The Morgan fingerprint density at radius 2 is 1.91 bits per heavy atom. The number of rotatable bonds is 3. The molecule has 1 aromatic carbocycles. The van der Waals surface area contributed by atoms with Crippen molar-refractivity contribution in [3.63, 3.8) is 0 Å². The standard InChI is InChI=1S/C15H14N2O3S2/c1-9-7-11-5-6-16-15(18)12(11)8-13(9)17-22(19,20)14-4-3-10(2)21-14/h3-8,17H,1-2H3,(H,16,18). The zero-order valence-electron chi connectivity index (χ0n) is 12.0. The molecule has 0 radical (unpaired) electrons. The second kappa shape index (κ2) is 5.26. The molecule has 114 valence electrons. The smallest absolute Gasteiger partial charge is 0.271 e. The van der Waals surface area contributed by atoms with Gasteiger partial charge in [0.25, 0.3) is 15.6 Å². The summed E-state index contributed by atoms with van der Waals surface area (Å²) in [6, 6.07) is 8.48. The fourth-order valence-corrected chi connectivity index (χ4v) is 4.62. The fraction of sp³-hybridized carbons (Fsp3) is 0.133. The van der Waals surface area contributed by atoms with Gasteiger partial charge in [-0.15, -0.1) is 11.3 Å². The molecule has 7 heteroatoms. The number of aromatic amines is 1. The van der Waals surface area contributed by atoms with Crippen LogP contribution in [0.1, 0.15) is 10.4 Å². The second-order valence-corrected chi connectivity index (χ2v) is 8.23. The van der Waals surface area contributed by atoms with E-state index in [0.29, 0.717) is 11.1 Å². The highest BCUT2D eigenvalue weighted by Gasteiger charge is 2.17. The van der Waals surface area contributed by atoms with Gasteiger partial charge in [0, 0.05) is 16.5 Å². The van der Waals surface area contributed by atoms with Crippen LogP contribution in [-0.4, -0.2) is 13.4 Å². The molecule has 2 N–H and O–H groups in total. The molecule has 0 aliphatic carbocycles. The van der Waals surface area contributed by atoms with Gasteiger partial charge >= 0.3 is 0 Å². The molecule has 0 saturated carbocycles. The first-order chi connectivity index (χ1) is 10.4. The Bertz CT molecular complexity index is 1020. The Morgan fingerprint density at radius 1 is 1.14 bits per heavy atom. The molecule has 22 heavy (non-hydrogen) atoms. The minimum atomic E-state index is -3.64. The van der Waals surface area contributed by atoms with E-state index in [1.54, 1.807) is 43.5 Å². The molecule has 3 aromatic rings. The summed E-state index contributed by atoms with van der Waals surface area (Å²) in [6.07, 6.45) is 1.57. The van der Waals surface area contributed by atoms with Crippen LogP contribution in [0.3, 0.4) is 0 Å². The van der Waals surface area contributed by atoms with E-state index in [1.165, 1.54) is 11.3 Å². The number of aromatic nitrogens is 1. The summed E-state index contributed by atoms with van der Waals surface area (Å²) in [4.78, 5) is 15.4. The minimum Gasteiger partial charge on any atom is -0.329 e. The van der Waals surface area contributed by atoms with E-state index in [0.717, 1.165) is 15.8 Å². The van der Waals surface area contributed by atoms with Gasteiger partial charge < -0.3 is 4.98 Å². The van der Waals surface area contributed by atoms with E-state index in [4.69, 9.17) is 0 Å². The molecule has 0 aliphatic rings. The first-order valence-electron chi connectivity index (χ1n) is 6.58. The van der Waals surface area contributed by atoms with Crippen LogP contribution >= 0.6 is 11.3 Å². The molecule has 0 unspecified atom stereocenters. The third kappa shape index (κ3) is 2.65. The molecule has 0 saturated heterocycles. The van der Waals surface area contributed by atoms with Crippen LogP contribution in [0.25, 0.3) is 10.8 Å². The Hall–Kier alpha value is -2.12. The van der Waals surface area contributed by atoms with Crippen molar-refractivity contribution in [1.29, 1.82) is 0 Å². The highest BCUT2D eigenvalue weighted by molar-refractivity contribution is 7.94. The van der Waals surface area contributed by atoms with Crippen LogP contribution < -0.4 is 10.3 Å². The molecule has 0 fully saturated rings. The molecular weight excluding hydrogens is 320 g/mol. The summed E-state index contributed by atoms with van der Waals surface area (Å²) < 4.78 is 27.6. The van der Waals surface area contributed by atoms with Gasteiger partial charge in [-0.2, -0.15) is 0 Å². The third-order valence-corrected chi connectivity index (χ3v) is 6.20. The highest BCUT2D eigenvalue weighted by atomic mass is 32.2. The molecule has 2 heterocycles. The quantitative estimate of drug-likeness (QED) is 0.773. The van der Waals surface area contributed by atoms with E-state index >= 15 is 0 Å². The average Bonchev–Trinajstić information content (AvgIpc) is 2.88. The third-order valence-electron chi connectivity index (χ3n) is 3.34. The lowest BCUT2D eigenvalue weighted by Gasteiger charge is -2.10. The van der Waals surface area contributed by atoms with E-state index in [2.05, 4.69) is 9.71 Å². The number of aryl methyl sites for hydroxylation is 2. The average molecular weight is 334 g/mol. The summed E-state index contributed by atoms with van der Waals surface area (Å²) in [5.74, 6) is 0. The van der Waals surface area contributed by atoms with Crippen molar-refractivity contribution in [2.75, 3.05) is 4.72 Å². The molecule has 0 aliphatic heterocycles. The normalized spacial score (nSPS) is 11.7. The van der Waals surface area contributed by atoms with Crippen LogP contribution in [0.5, 0.6) is 0 Å². The molecule has 2 aromatic heterocycles. The van der Waals surface area contributed by atoms with Crippen LogP contribution in [0.15, 0.2) is 45.5 Å². The summed E-state index contributed by atoms with van der Waals surface area (Å²) in [6.45, 7) is 3.66. The number of hydrogen-bond donors (Lipinski definition) is 2. The van der Waals surface area contributed by atoms with E-state index in [9.17, 15) is 13.2 Å². The maximum atomic E-state index is 12.4. The number of fused-ring (bicyclic) bond motifs is 1. The number of anilines is 1. The molecule has 3 rings (SSSR count). The topological polar surface area (TPSA) is 79.0 Å². The Balaban J connectivity index is 2.09. The lowest BCUT2D eigenvalue weighted by atomic mass is 10.1. The van der Waals surface area contributed by atoms with Gasteiger partial charge in [-0.1, -0.05) is 0 Å². The molecule has 0 spiro atoms. The second-order valence-electron chi connectivity index (χ2n) is 5.03. The van der Waals surface area contributed by atoms with Gasteiger partial charge in [-0.25, -0.2) is 8.42 Å². The number of benzene rings is 1. The lowest BCUT2D eigenvalue weighted by molar-refractivity contribution is 0.603. The van der Waals surface area contributed by atoms with Crippen LogP contribution in [-0.2, 0) is 10.0 Å². The number of H-pyrrole nitrogens is 1. The molecule has 5 nitrogen and oxygen atoms in total. The maximum absolute atomic E-state index is 12.4. The van der Waals surface area contributed by atoms with Crippen LogP contribution in [0, 0.1) is 13.8 Å². The van der Waals surface area contributed by atoms with Crippen molar-refractivity contribution in [3.8, 4) is 0 Å². The van der Waals surface area contributed by atoms with Crippen LogP contribution in [0.2, 0.25) is 0 Å². The zero-order chi connectivity index (χ0) is 15.9. The SMILES string of the molecule is Cc1ccc(S(=O)(=O)Nc2cc3c(=O)[nH]ccc3cc2C)s1. The zero-order valence-corrected chi connectivity index (χ0v) is 13.6. The van der Waals surface area contributed by atoms with E-state index < -0.39 is 10.0 Å². The van der Waals surface area contributed by atoms with Gasteiger partial charge in [0.05, 0.1) is 5.69 Å². The van der Waals surface area contributed by atoms with Gasteiger partial charge in [0.1, 0.15) is 4.21 Å². The first kappa shape index (κ1) is 14.8. The highest BCUT2D eigenvalue weighted by Crippen LogP contribution is 2.26. The number of nitrogens with one attached hydrogen (secondary N) is 2. The van der Waals surface area contributed by atoms with Gasteiger partial charge in [-0.3, -0.25) is 9.52 Å². The molecular formula is C15H14N2O3S2. The maximum Gasteiger partial charge on any atom is 0.271 e. The molecule has 0 amide bonds. The van der Waals surface area contributed by atoms with E-state index in [1.807, 2.05) is 6.92 Å². The lowest BCUT2D eigenvalue weighted by Crippen LogP contribution is -2.13. The van der Waals surface area contributed by atoms with Gasteiger partial charge in [-0.05, 0) is 55.1 Å². The van der Waals surface area contributed by atoms with Crippen molar-refractivity contribution < 1.29 is 8.42 Å². The summed E-state index contributed by atoms with van der Waals surface area (Å²) in [5.41, 5.74) is 0.926. The number of thiophene rings is 1. The van der Waals surface area contributed by atoms with Crippen molar-refractivity contribution >= 4 is 37.8 Å². The van der Waals surface area contributed by atoms with Crippen molar-refractivity contribution in [3.05, 3.63) is 57.3 Å². The molecule has 0 bridgehead atoms. The van der Waals surface area contributed by atoms with Crippen LogP contribution in [0.4, 0.5) is 5.69 Å². The Labute approximate surface area is 131 Å². The first-order valence-corrected chi connectivity index (χ1v) is 8.88. The summed E-state index contributed by atoms with van der Waals surface area (Å²) in [5, 5.41) is 1.23. The van der Waals surface area contributed by atoms with Crippen molar-refractivity contribution in [2.45, 2.75) is 18.1 Å². The largest absolute Gasteiger partial charge is 0.329 e. The van der Waals surface area contributed by atoms with Gasteiger partial charge in [0.15, 0.2) is 0 Å². The Morgan fingerprint density at radius 3 is 2.59 bits per heavy atom. The minimum absolute atomic E-state index is 0.245. The fourth-order valence-electron chi connectivity index (χ4n) is 2.21. The Kier molecular flexibility index (Phi) is 3.54. The predicted octanol–water partition coefficient (Wildman–Crippen LogP) is 3.01. The predicted molar refractivity (Wildman–Crippen MR) is 89.2 cm³/mol. The number of hydrogen-bond acceptors (Lipinski definition) is 4. The van der Waals surface area contributed by atoms with Crippen molar-refractivity contribution in [1.82, 2.24) is 4.98 Å². The van der Waals surface area contributed by atoms with Gasteiger partial charge in [0.2, 0.25) is 0 Å².